The maximum Gasteiger partial charge on any atom is 0.144 e. The molecule has 1 aliphatic carbocycles. The number of hydrogen-bond acceptors (Lipinski definition) is 3. The molecule has 0 amide bonds. The third-order valence-corrected chi connectivity index (χ3v) is 4.02. The van der Waals surface area contributed by atoms with Gasteiger partial charge in [0.15, 0.2) is 0 Å². The number of ether oxygens (including phenoxy) is 1. The van der Waals surface area contributed by atoms with Gasteiger partial charge in [-0.05, 0) is 50.7 Å². The molecule has 3 nitrogen and oxygen atoms in total. The monoisotopic (exact) mass is 276 g/mol. The largest absolute Gasteiger partial charge is 0.489 e. The molecule has 20 heavy (non-hydrogen) atoms. The lowest BCUT2D eigenvalue weighted by Gasteiger charge is -2.27. The predicted molar refractivity (Wildman–Crippen MR) is 86.2 cm³/mol. The van der Waals surface area contributed by atoms with Gasteiger partial charge in [-0.2, -0.15) is 0 Å². The fourth-order valence-electron chi connectivity index (χ4n) is 3.01. The molecule has 112 valence electrons. The quantitative estimate of drug-likeness (QED) is 0.788. The highest BCUT2D eigenvalue weighted by Gasteiger charge is 2.18. The minimum atomic E-state index is 0.145. The lowest BCUT2D eigenvalue weighted by atomic mass is 9.82. The summed E-state index contributed by atoms with van der Waals surface area (Å²) in [6.45, 7) is 7.45. The molecular formula is C17H28N2O. The molecule has 1 aromatic carbocycles. The molecule has 0 heterocycles. The SMILES string of the molecule is CC1CCCC(CNc2ccc(N)c(OC(C)C)c2)C1. The molecule has 3 heteroatoms. The van der Waals surface area contributed by atoms with Crippen LogP contribution in [0, 0.1) is 11.8 Å². The van der Waals surface area contributed by atoms with Crippen LogP contribution in [-0.4, -0.2) is 12.6 Å². The summed E-state index contributed by atoms with van der Waals surface area (Å²) in [5, 5.41) is 3.54. The van der Waals surface area contributed by atoms with Gasteiger partial charge < -0.3 is 15.8 Å². The van der Waals surface area contributed by atoms with Crippen molar-refractivity contribution < 1.29 is 4.74 Å². The average Bonchev–Trinajstić information content (AvgIpc) is 2.39. The lowest BCUT2D eigenvalue weighted by Crippen LogP contribution is -2.21. The second kappa shape index (κ2) is 6.87. The van der Waals surface area contributed by atoms with E-state index in [1.54, 1.807) is 0 Å². The first-order valence-corrected chi connectivity index (χ1v) is 7.84. The third kappa shape index (κ3) is 4.32. The average molecular weight is 276 g/mol. The topological polar surface area (TPSA) is 47.3 Å². The van der Waals surface area contributed by atoms with E-state index in [1.807, 2.05) is 32.0 Å². The molecule has 0 bridgehead atoms. The minimum Gasteiger partial charge on any atom is -0.489 e. The van der Waals surface area contributed by atoms with E-state index in [1.165, 1.54) is 25.7 Å². The molecular weight excluding hydrogens is 248 g/mol. The highest BCUT2D eigenvalue weighted by Crippen LogP contribution is 2.30. The summed E-state index contributed by atoms with van der Waals surface area (Å²) in [6, 6.07) is 5.97. The summed E-state index contributed by atoms with van der Waals surface area (Å²) in [4.78, 5) is 0. The summed E-state index contributed by atoms with van der Waals surface area (Å²) >= 11 is 0. The Morgan fingerprint density at radius 1 is 1.35 bits per heavy atom. The third-order valence-electron chi connectivity index (χ3n) is 4.02. The van der Waals surface area contributed by atoms with Crippen LogP contribution in [0.15, 0.2) is 18.2 Å². The van der Waals surface area contributed by atoms with Gasteiger partial charge >= 0.3 is 0 Å². The van der Waals surface area contributed by atoms with Gasteiger partial charge in [0.1, 0.15) is 5.75 Å². The van der Waals surface area contributed by atoms with Crippen LogP contribution in [0.3, 0.4) is 0 Å². The zero-order chi connectivity index (χ0) is 14.5. The van der Waals surface area contributed by atoms with Crippen LogP contribution in [-0.2, 0) is 0 Å². The molecule has 1 fully saturated rings. The zero-order valence-electron chi connectivity index (χ0n) is 13.0. The van der Waals surface area contributed by atoms with Crippen molar-refractivity contribution in [2.75, 3.05) is 17.6 Å². The van der Waals surface area contributed by atoms with Crippen LogP contribution >= 0.6 is 0 Å². The molecule has 2 unspecified atom stereocenters. The molecule has 2 rings (SSSR count). The van der Waals surface area contributed by atoms with Gasteiger partial charge in [0.25, 0.3) is 0 Å². The van der Waals surface area contributed by atoms with Gasteiger partial charge in [-0.1, -0.05) is 19.8 Å². The van der Waals surface area contributed by atoms with Crippen molar-refractivity contribution in [3.8, 4) is 5.75 Å². The Labute approximate surface area is 122 Å². The Morgan fingerprint density at radius 3 is 2.85 bits per heavy atom. The van der Waals surface area contributed by atoms with Crippen LogP contribution in [0.5, 0.6) is 5.75 Å². The minimum absolute atomic E-state index is 0.145. The van der Waals surface area contributed by atoms with Crippen LogP contribution in [0.2, 0.25) is 0 Å². The van der Waals surface area contributed by atoms with E-state index in [9.17, 15) is 0 Å². The maximum atomic E-state index is 5.94. The normalized spacial score (nSPS) is 22.8. The van der Waals surface area contributed by atoms with Crippen molar-refractivity contribution in [3.05, 3.63) is 18.2 Å². The van der Waals surface area contributed by atoms with Crippen molar-refractivity contribution in [1.82, 2.24) is 0 Å². The summed E-state index contributed by atoms with van der Waals surface area (Å²) in [6.07, 6.45) is 5.60. The summed E-state index contributed by atoms with van der Waals surface area (Å²) in [5.41, 5.74) is 7.75. The summed E-state index contributed by atoms with van der Waals surface area (Å²) in [7, 11) is 0. The predicted octanol–water partition coefficient (Wildman–Crippen LogP) is 4.29. The molecule has 1 saturated carbocycles. The van der Waals surface area contributed by atoms with E-state index < -0.39 is 0 Å². The van der Waals surface area contributed by atoms with Crippen LogP contribution in [0.1, 0.15) is 46.5 Å². The molecule has 0 radical (unpaired) electrons. The Kier molecular flexibility index (Phi) is 5.16. The van der Waals surface area contributed by atoms with Crippen LogP contribution < -0.4 is 15.8 Å². The van der Waals surface area contributed by atoms with E-state index in [4.69, 9.17) is 10.5 Å². The molecule has 1 aliphatic rings. The molecule has 0 spiro atoms. The van der Waals surface area contributed by atoms with E-state index in [0.29, 0.717) is 5.69 Å². The smallest absolute Gasteiger partial charge is 0.144 e. The molecule has 2 atom stereocenters. The Balaban J connectivity index is 1.92. The number of nitrogens with one attached hydrogen (secondary N) is 1. The van der Waals surface area contributed by atoms with Gasteiger partial charge in [0, 0.05) is 18.3 Å². The first-order chi connectivity index (χ1) is 9.54. The number of benzene rings is 1. The number of nitrogens with two attached hydrogens (primary N) is 1. The molecule has 0 saturated heterocycles. The second-order valence-corrected chi connectivity index (χ2v) is 6.44. The fourth-order valence-corrected chi connectivity index (χ4v) is 3.01. The Hall–Kier alpha value is -1.38. The van der Waals surface area contributed by atoms with E-state index >= 15 is 0 Å². The van der Waals surface area contributed by atoms with Crippen molar-refractivity contribution in [2.24, 2.45) is 11.8 Å². The summed E-state index contributed by atoms with van der Waals surface area (Å²) < 4.78 is 5.73. The maximum absolute atomic E-state index is 5.94. The Morgan fingerprint density at radius 2 is 2.15 bits per heavy atom. The number of nitrogen functional groups attached to an aromatic ring is 1. The number of hydrogen-bond donors (Lipinski definition) is 2. The van der Waals surface area contributed by atoms with E-state index in [-0.39, 0.29) is 6.10 Å². The van der Waals surface area contributed by atoms with Gasteiger partial charge in [0.05, 0.1) is 11.8 Å². The van der Waals surface area contributed by atoms with Crippen LogP contribution in [0.25, 0.3) is 0 Å². The fraction of sp³-hybridized carbons (Fsp3) is 0.647. The first kappa shape index (κ1) is 15.0. The van der Waals surface area contributed by atoms with Crippen molar-refractivity contribution in [2.45, 2.75) is 52.6 Å². The van der Waals surface area contributed by atoms with Gasteiger partial charge in [-0.25, -0.2) is 0 Å². The highest BCUT2D eigenvalue weighted by molar-refractivity contribution is 5.61. The van der Waals surface area contributed by atoms with Crippen LogP contribution in [0.4, 0.5) is 11.4 Å². The second-order valence-electron chi connectivity index (χ2n) is 6.44. The Bertz CT molecular complexity index is 431. The van der Waals surface area contributed by atoms with Crippen molar-refractivity contribution in [3.63, 3.8) is 0 Å². The molecule has 0 aliphatic heterocycles. The van der Waals surface area contributed by atoms with Gasteiger partial charge in [-0.15, -0.1) is 0 Å². The van der Waals surface area contributed by atoms with E-state index in [2.05, 4.69) is 12.2 Å². The lowest BCUT2D eigenvalue weighted by molar-refractivity contribution is 0.244. The first-order valence-electron chi connectivity index (χ1n) is 7.84. The molecule has 3 N–H and O–H groups in total. The molecule has 0 aromatic heterocycles. The zero-order valence-corrected chi connectivity index (χ0v) is 13.0. The highest BCUT2D eigenvalue weighted by atomic mass is 16.5. The van der Waals surface area contributed by atoms with Crippen molar-refractivity contribution in [1.29, 1.82) is 0 Å². The summed E-state index contributed by atoms with van der Waals surface area (Å²) in [5.74, 6) is 2.45. The van der Waals surface area contributed by atoms with Crippen molar-refractivity contribution >= 4 is 11.4 Å². The molecule has 1 aromatic rings. The number of anilines is 2. The number of rotatable bonds is 5. The van der Waals surface area contributed by atoms with E-state index in [0.717, 1.165) is 29.8 Å². The standard InChI is InChI=1S/C17H28N2O/c1-12(2)20-17-10-15(7-8-16(17)18)19-11-14-6-4-5-13(3)9-14/h7-8,10,12-14,19H,4-6,9,11,18H2,1-3H3. The van der Waals surface area contributed by atoms with Gasteiger partial charge in [0.2, 0.25) is 0 Å². The van der Waals surface area contributed by atoms with Gasteiger partial charge in [-0.3, -0.25) is 0 Å².